The lowest BCUT2D eigenvalue weighted by Gasteiger charge is -2.24. The topological polar surface area (TPSA) is 69.9 Å². The van der Waals surface area contributed by atoms with Gasteiger partial charge in [-0.25, -0.2) is 14.2 Å². The molecule has 1 atom stereocenters. The third kappa shape index (κ3) is 4.59. The van der Waals surface area contributed by atoms with Crippen LogP contribution in [0.3, 0.4) is 0 Å². The lowest BCUT2D eigenvalue weighted by atomic mass is 9.96. The number of benzene rings is 2. The van der Waals surface area contributed by atoms with Crippen molar-refractivity contribution in [3.8, 4) is 5.75 Å². The summed E-state index contributed by atoms with van der Waals surface area (Å²) in [6.07, 6.45) is 1.75. The minimum Gasteiger partial charge on any atom is -0.490 e. The molecule has 3 aromatic rings. The molecule has 2 aromatic carbocycles. The maximum absolute atomic E-state index is 13.7. The number of nitrogens with zero attached hydrogens (tertiary/aromatic N) is 2. The van der Waals surface area contributed by atoms with Gasteiger partial charge in [0.15, 0.2) is 4.80 Å². The standard InChI is InChI=1S/C26H25FN2O4S/c1-5-32-25(31)22-16(4)28-26-29(23(22)17-10-12-19(27)13-11-17)24(30)21(34-26)14-18-8-6-7-9-20(18)33-15(2)3/h6-15,23H,5H2,1-4H3/b21-14-/t23-/m1/s1. The van der Waals surface area contributed by atoms with Crippen molar-refractivity contribution < 1.29 is 18.7 Å². The van der Waals surface area contributed by atoms with Gasteiger partial charge in [0.05, 0.1) is 34.6 Å². The Labute approximate surface area is 200 Å². The van der Waals surface area contributed by atoms with Gasteiger partial charge in [-0.15, -0.1) is 0 Å². The minimum atomic E-state index is -0.778. The van der Waals surface area contributed by atoms with Crippen LogP contribution in [0.5, 0.6) is 5.75 Å². The quantitative estimate of drug-likeness (QED) is 0.504. The maximum atomic E-state index is 13.7. The number of carbonyl (C=O) groups excluding carboxylic acids is 1. The Morgan fingerprint density at radius 2 is 1.91 bits per heavy atom. The van der Waals surface area contributed by atoms with E-state index in [4.69, 9.17) is 9.47 Å². The van der Waals surface area contributed by atoms with E-state index in [9.17, 15) is 14.0 Å². The summed E-state index contributed by atoms with van der Waals surface area (Å²) in [6.45, 7) is 7.49. The molecule has 0 aliphatic carbocycles. The van der Waals surface area contributed by atoms with Crippen LogP contribution in [0.25, 0.3) is 6.08 Å². The third-order valence-electron chi connectivity index (χ3n) is 5.27. The second-order valence-electron chi connectivity index (χ2n) is 8.06. The Morgan fingerprint density at radius 1 is 1.21 bits per heavy atom. The Bertz CT molecular complexity index is 1430. The predicted molar refractivity (Wildman–Crippen MR) is 129 cm³/mol. The highest BCUT2D eigenvalue weighted by molar-refractivity contribution is 7.07. The van der Waals surface area contributed by atoms with Crippen LogP contribution >= 0.6 is 11.3 Å². The van der Waals surface area contributed by atoms with Crippen LogP contribution < -0.4 is 19.6 Å². The maximum Gasteiger partial charge on any atom is 0.338 e. The molecule has 1 aromatic heterocycles. The predicted octanol–water partition coefficient (Wildman–Crippen LogP) is 3.72. The first kappa shape index (κ1) is 23.6. The molecule has 6 nitrogen and oxygen atoms in total. The van der Waals surface area contributed by atoms with E-state index in [-0.39, 0.29) is 23.8 Å². The fourth-order valence-corrected chi connectivity index (χ4v) is 4.89. The summed E-state index contributed by atoms with van der Waals surface area (Å²) in [5.41, 5.74) is 1.78. The SMILES string of the molecule is CCOC(=O)C1=C(C)N=c2s/c(=C\c3ccccc3OC(C)C)c(=O)n2[C@@H]1c1ccc(F)cc1. The number of halogens is 1. The van der Waals surface area contributed by atoms with Crippen LogP contribution in [0.4, 0.5) is 4.39 Å². The molecule has 0 amide bonds. The zero-order valence-corrected chi connectivity index (χ0v) is 20.2. The number of allylic oxidation sites excluding steroid dienone is 1. The molecular weight excluding hydrogens is 455 g/mol. The smallest absolute Gasteiger partial charge is 0.338 e. The lowest BCUT2D eigenvalue weighted by Crippen LogP contribution is -2.39. The van der Waals surface area contributed by atoms with Gasteiger partial charge in [-0.3, -0.25) is 9.36 Å². The van der Waals surface area contributed by atoms with Crippen molar-refractivity contribution in [3.05, 3.63) is 96.4 Å². The Hall–Kier alpha value is -3.52. The van der Waals surface area contributed by atoms with E-state index >= 15 is 0 Å². The largest absolute Gasteiger partial charge is 0.490 e. The lowest BCUT2D eigenvalue weighted by molar-refractivity contribution is -0.139. The summed E-state index contributed by atoms with van der Waals surface area (Å²) in [5, 5.41) is 0. The van der Waals surface area contributed by atoms with Crippen LogP contribution in [-0.2, 0) is 9.53 Å². The van der Waals surface area contributed by atoms with E-state index in [2.05, 4.69) is 4.99 Å². The Balaban J connectivity index is 1.93. The van der Waals surface area contributed by atoms with E-state index < -0.39 is 17.8 Å². The molecule has 0 unspecified atom stereocenters. The Morgan fingerprint density at radius 3 is 2.59 bits per heavy atom. The van der Waals surface area contributed by atoms with E-state index in [0.717, 1.165) is 5.56 Å². The van der Waals surface area contributed by atoms with Crippen molar-refractivity contribution in [3.63, 3.8) is 0 Å². The summed E-state index contributed by atoms with van der Waals surface area (Å²) in [6, 6.07) is 12.5. The summed E-state index contributed by atoms with van der Waals surface area (Å²) in [4.78, 5) is 31.5. The van der Waals surface area contributed by atoms with E-state index in [1.165, 1.54) is 28.0 Å². The molecule has 0 spiro atoms. The number of hydrogen-bond donors (Lipinski definition) is 0. The zero-order valence-electron chi connectivity index (χ0n) is 19.4. The van der Waals surface area contributed by atoms with Crippen molar-refractivity contribution in [2.24, 2.45) is 4.99 Å². The van der Waals surface area contributed by atoms with Gasteiger partial charge in [-0.1, -0.05) is 41.7 Å². The van der Waals surface area contributed by atoms with Crippen LogP contribution in [0.1, 0.15) is 44.9 Å². The highest BCUT2D eigenvalue weighted by atomic mass is 32.1. The van der Waals surface area contributed by atoms with Gasteiger partial charge in [-0.2, -0.15) is 0 Å². The molecule has 8 heteroatoms. The molecule has 0 N–H and O–H groups in total. The zero-order chi connectivity index (χ0) is 24.4. The first-order valence-electron chi connectivity index (χ1n) is 11.0. The van der Waals surface area contributed by atoms with Gasteiger partial charge in [0.1, 0.15) is 11.6 Å². The van der Waals surface area contributed by atoms with Gasteiger partial charge >= 0.3 is 5.97 Å². The average Bonchev–Trinajstić information content (AvgIpc) is 3.09. The molecule has 0 saturated carbocycles. The first-order valence-corrected chi connectivity index (χ1v) is 11.8. The summed E-state index contributed by atoms with van der Waals surface area (Å²) in [7, 11) is 0. The fourth-order valence-electron chi connectivity index (χ4n) is 3.85. The van der Waals surface area contributed by atoms with Crippen LogP contribution in [0, 0.1) is 5.82 Å². The summed E-state index contributed by atoms with van der Waals surface area (Å²) >= 11 is 1.23. The van der Waals surface area contributed by atoms with Crippen LogP contribution in [-0.4, -0.2) is 23.2 Å². The van der Waals surface area contributed by atoms with Gasteiger partial charge < -0.3 is 9.47 Å². The van der Waals surface area contributed by atoms with E-state index in [1.807, 2.05) is 38.1 Å². The van der Waals surface area contributed by atoms with Gasteiger partial charge in [0, 0.05) is 5.56 Å². The summed E-state index contributed by atoms with van der Waals surface area (Å²) in [5.74, 6) is -0.291. The van der Waals surface area contributed by atoms with Crippen molar-refractivity contribution in [1.82, 2.24) is 4.57 Å². The number of ether oxygens (including phenoxy) is 2. The number of thiazole rings is 1. The summed E-state index contributed by atoms with van der Waals surface area (Å²) < 4.78 is 26.7. The number of hydrogen-bond acceptors (Lipinski definition) is 6. The van der Waals surface area contributed by atoms with E-state index in [0.29, 0.717) is 26.3 Å². The fraction of sp³-hybridized carbons (Fsp3) is 0.269. The second-order valence-corrected chi connectivity index (χ2v) is 9.07. The third-order valence-corrected chi connectivity index (χ3v) is 6.25. The minimum absolute atomic E-state index is 0.0240. The first-order chi connectivity index (χ1) is 16.3. The van der Waals surface area contributed by atoms with Crippen LogP contribution in [0.15, 0.2) is 69.6 Å². The number of esters is 1. The van der Waals surface area contributed by atoms with Crippen molar-refractivity contribution in [2.45, 2.75) is 39.8 Å². The Kier molecular flexibility index (Phi) is 6.79. The monoisotopic (exact) mass is 480 g/mol. The molecule has 4 rings (SSSR count). The molecule has 1 aliphatic rings. The molecule has 34 heavy (non-hydrogen) atoms. The normalized spacial score (nSPS) is 15.8. The number of fused-ring (bicyclic) bond motifs is 1. The number of aromatic nitrogens is 1. The number of para-hydroxylation sites is 1. The van der Waals surface area contributed by atoms with E-state index in [1.54, 1.807) is 32.1 Å². The average molecular weight is 481 g/mol. The molecular formula is C26H25FN2O4S. The van der Waals surface area contributed by atoms with Crippen molar-refractivity contribution in [1.29, 1.82) is 0 Å². The van der Waals surface area contributed by atoms with Crippen molar-refractivity contribution in [2.75, 3.05) is 6.61 Å². The van der Waals surface area contributed by atoms with Gasteiger partial charge in [0.25, 0.3) is 5.56 Å². The molecule has 0 bridgehead atoms. The molecule has 176 valence electrons. The second kappa shape index (κ2) is 9.77. The van der Waals surface area contributed by atoms with Crippen LogP contribution in [0.2, 0.25) is 0 Å². The molecule has 2 heterocycles. The van der Waals surface area contributed by atoms with Gasteiger partial charge in [0.2, 0.25) is 0 Å². The van der Waals surface area contributed by atoms with Gasteiger partial charge in [-0.05, 0) is 57.5 Å². The molecule has 0 radical (unpaired) electrons. The number of rotatable bonds is 6. The molecule has 0 saturated heterocycles. The molecule has 1 aliphatic heterocycles. The highest BCUT2D eigenvalue weighted by Gasteiger charge is 2.33. The van der Waals surface area contributed by atoms with Crippen molar-refractivity contribution >= 4 is 23.4 Å². The molecule has 0 fully saturated rings. The number of carbonyl (C=O) groups is 1. The highest BCUT2D eigenvalue weighted by Crippen LogP contribution is 2.30.